The summed E-state index contributed by atoms with van der Waals surface area (Å²) in [6.07, 6.45) is -4.32. The third-order valence-corrected chi connectivity index (χ3v) is 12.2. The van der Waals surface area contributed by atoms with Crippen molar-refractivity contribution < 1.29 is 37.7 Å². The zero-order valence-corrected chi connectivity index (χ0v) is 31.9. The minimum Gasteiger partial charge on any atom is -0.444 e. The lowest BCUT2D eigenvalue weighted by atomic mass is 9.71. The highest BCUT2D eigenvalue weighted by atomic mass is 19.1. The molecule has 0 aromatic heterocycles. The minimum atomic E-state index is -1.38. The number of amides is 3. The van der Waals surface area contributed by atoms with E-state index in [1.165, 1.54) is 0 Å². The number of urea groups is 1. The number of piperidine rings is 2. The fraction of sp³-hybridized carbons (Fsp3) is 0.946. The normalized spacial score (nSPS) is 42.7. The molecule has 1 saturated carbocycles. The van der Waals surface area contributed by atoms with Crippen LogP contribution in [0.3, 0.4) is 0 Å². The van der Waals surface area contributed by atoms with Gasteiger partial charge in [0.15, 0.2) is 0 Å². The molecule has 2 bridgehead atoms. The first-order valence-corrected chi connectivity index (χ1v) is 19.6. The number of aliphatic hydroxyl groups is 1. The van der Waals surface area contributed by atoms with Gasteiger partial charge in [0, 0.05) is 55.5 Å². The van der Waals surface area contributed by atoms with Gasteiger partial charge in [-0.2, -0.15) is 0 Å². The second-order valence-corrected chi connectivity index (χ2v) is 17.6. The van der Waals surface area contributed by atoms with Gasteiger partial charge in [-0.25, -0.2) is 18.4 Å². The van der Waals surface area contributed by atoms with Gasteiger partial charge >= 0.3 is 12.1 Å². The van der Waals surface area contributed by atoms with E-state index in [4.69, 9.17) is 14.2 Å². The van der Waals surface area contributed by atoms with Crippen LogP contribution in [0.2, 0.25) is 0 Å². The van der Waals surface area contributed by atoms with Crippen molar-refractivity contribution in [2.24, 2.45) is 23.7 Å². The molecular weight excluding hydrogens is 662 g/mol. The summed E-state index contributed by atoms with van der Waals surface area (Å²) in [5.41, 5.74) is -0.623. The van der Waals surface area contributed by atoms with Crippen LogP contribution in [0.25, 0.3) is 0 Å². The van der Waals surface area contributed by atoms with Crippen molar-refractivity contribution in [2.45, 2.75) is 166 Å². The van der Waals surface area contributed by atoms with Crippen LogP contribution < -0.4 is 16.0 Å². The Kier molecular flexibility index (Phi) is 11.8. The van der Waals surface area contributed by atoms with Gasteiger partial charge in [0.1, 0.15) is 24.0 Å². The lowest BCUT2D eigenvalue weighted by Gasteiger charge is -2.60. The largest absolute Gasteiger partial charge is 0.444 e. The Morgan fingerprint density at radius 2 is 1.78 bits per heavy atom. The lowest BCUT2D eigenvalue weighted by Crippen LogP contribution is -2.80. The summed E-state index contributed by atoms with van der Waals surface area (Å²) in [7, 11) is 0. The maximum atomic E-state index is 16.8. The van der Waals surface area contributed by atoms with Gasteiger partial charge in [-0.05, 0) is 86.1 Å². The number of aliphatic hydroxyl groups excluding tert-OH is 1. The highest BCUT2D eigenvalue weighted by Crippen LogP contribution is 2.44. The Labute approximate surface area is 303 Å². The van der Waals surface area contributed by atoms with Crippen LogP contribution in [-0.2, 0) is 14.2 Å². The molecule has 13 unspecified atom stereocenters. The highest BCUT2D eigenvalue weighted by molar-refractivity contribution is 5.76. The summed E-state index contributed by atoms with van der Waals surface area (Å²) >= 11 is 0. The van der Waals surface area contributed by atoms with Gasteiger partial charge in [-0.3, -0.25) is 10.2 Å². The smallest absolute Gasteiger partial charge is 0.410 e. The van der Waals surface area contributed by atoms with Crippen LogP contribution in [0.1, 0.15) is 87.5 Å². The van der Waals surface area contributed by atoms with Crippen molar-refractivity contribution >= 4 is 12.1 Å². The molecule has 6 fully saturated rings. The molecule has 0 radical (unpaired) electrons. The zero-order chi connectivity index (χ0) is 36.9. The summed E-state index contributed by atoms with van der Waals surface area (Å²) < 4.78 is 51.4. The molecule has 5 saturated heterocycles. The molecule has 4 N–H and O–H groups in total. The third-order valence-electron chi connectivity index (χ3n) is 12.2. The van der Waals surface area contributed by atoms with E-state index < -0.39 is 72.5 Å². The number of nitrogens with zero attached hydrogens (tertiary/aromatic N) is 3. The van der Waals surface area contributed by atoms with Gasteiger partial charge < -0.3 is 39.8 Å². The Morgan fingerprint density at radius 1 is 1.04 bits per heavy atom. The predicted molar refractivity (Wildman–Crippen MR) is 188 cm³/mol. The zero-order valence-electron chi connectivity index (χ0n) is 31.9. The standard InChI is InChI=1S/C37H64F2N6O6/c1-19(2)29-31-22(12-13-40-29)32(46)27(50-20(3)4)18-49-26-11-9-10-24(38)28(26)30-25(39)16-23-33(42-35(47)45(31)34(23)41-30)44-15-14-43(17-21(44)5)36(48)51-37(6,7)8/h19-34,40-41,46H,9-18H2,1-8H3,(H,42,47)/t21-,22?,23?,24?,25?,26?,27?,28?,29?,30?,31?,32?,33?,34?/m0/s1. The number of alkyl halides is 2. The maximum absolute atomic E-state index is 16.8. The molecule has 292 valence electrons. The van der Waals surface area contributed by atoms with E-state index in [-0.39, 0.29) is 55.2 Å². The number of hydrogen-bond acceptors (Lipinski definition) is 9. The van der Waals surface area contributed by atoms with Crippen LogP contribution in [0.5, 0.6) is 0 Å². The molecule has 5 aliphatic heterocycles. The van der Waals surface area contributed by atoms with Crippen LogP contribution >= 0.6 is 0 Å². The monoisotopic (exact) mass is 726 g/mol. The van der Waals surface area contributed by atoms with Crippen molar-refractivity contribution in [3.05, 3.63) is 0 Å². The molecule has 1 aliphatic carbocycles. The Hall–Kier alpha value is -1.84. The van der Waals surface area contributed by atoms with E-state index in [0.717, 1.165) is 0 Å². The van der Waals surface area contributed by atoms with Crippen molar-refractivity contribution in [1.82, 2.24) is 30.7 Å². The van der Waals surface area contributed by atoms with Gasteiger partial charge in [0.2, 0.25) is 0 Å². The van der Waals surface area contributed by atoms with Gasteiger partial charge in [-0.1, -0.05) is 13.8 Å². The van der Waals surface area contributed by atoms with E-state index in [9.17, 15) is 14.7 Å². The van der Waals surface area contributed by atoms with E-state index in [0.29, 0.717) is 51.9 Å². The first-order chi connectivity index (χ1) is 24.1. The second-order valence-electron chi connectivity index (χ2n) is 17.6. The molecule has 12 nitrogen and oxygen atoms in total. The Bertz CT molecular complexity index is 1230. The van der Waals surface area contributed by atoms with E-state index in [1.807, 2.05) is 46.4 Å². The number of hydrogen-bond donors (Lipinski definition) is 4. The molecule has 0 spiro atoms. The molecule has 14 atom stereocenters. The first kappa shape index (κ1) is 38.9. The topological polar surface area (TPSA) is 128 Å². The average Bonchev–Trinajstić information content (AvgIpc) is 3.04. The number of carbonyl (C=O) groups is 2. The average molecular weight is 727 g/mol. The fourth-order valence-electron chi connectivity index (χ4n) is 10.1. The maximum Gasteiger partial charge on any atom is 0.410 e. The number of nitrogens with one attached hydrogen (secondary N) is 3. The molecule has 14 heteroatoms. The summed E-state index contributed by atoms with van der Waals surface area (Å²) in [5.74, 6) is -1.41. The number of halogens is 2. The van der Waals surface area contributed by atoms with E-state index in [1.54, 1.807) is 4.90 Å². The molecule has 0 aromatic carbocycles. The molecule has 0 aromatic rings. The number of fused-ring (bicyclic) bond motifs is 5. The van der Waals surface area contributed by atoms with Gasteiger partial charge in [-0.15, -0.1) is 0 Å². The SMILES string of the molecule is CC(C)OC1COC2CCCC(F)C2C2NC3C(CC2F)C(N2CCN(C(=O)OC(C)(C)C)C[C@@H]2C)NC(=O)N3C2C(CCNC2C(C)C)C1O. The first-order valence-electron chi connectivity index (χ1n) is 19.6. The number of piperazine rings is 1. The minimum absolute atomic E-state index is 0.0629. The molecular formula is C37H64F2N6O6. The molecule has 51 heavy (non-hydrogen) atoms. The van der Waals surface area contributed by atoms with Crippen LogP contribution in [0.4, 0.5) is 18.4 Å². The molecule has 6 aliphatic rings. The van der Waals surface area contributed by atoms with Crippen molar-refractivity contribution in [1.29, 1.82) is 0 Å². The van der Waals surface area contributed by atoms with Crippen LogP contribution in [-0.4, -0.2) is 144 Å². The highest BCUT2D eigenvalue weighted by Gasteiger charge is 2.59. The van der Waals surface area contributed by atoms with Gasteiger partial charge in [0.05, 0.1) is 43.3 Å². The summed E-state index contributed by atoms with van der Waals surface area (Å²) in [5, 5.41) is 22.8. The Balaban J connectivity index is 1.38. The lowest BCUT2D eigenvalue weighted by molar-refractivity contribution is -0.173. The number of ether oxygens (including phenoxy) is 3. The molecule has 6 rings (SSSR count). The fourth-order valence-corrected chi connectivity index (χ4v) is 10.1. The summed E-state index contributed by atoms with van der Waals surface area (Å²) in [4.78, 5) is 33.4. The third kappa shape index (κ3) is 8.01. The molecule has 3 amide bonds. The van der Waals surface area contributed by atoms with E-state index >= 15 is 8.78 Å². The van der Waals surface area contributed by atoms with Crippen LogP contribution in [0, 0.1) is 23.7 Å². The summed E-state index contributed by atoms with van der Waals surface area (Å²) in [6, 6.07) is -1.94. The van der Waals surface area contributed by atoms with Crippen LogP contribution in [0.15, 0.2) is 0 Å². The second kappa shape index (κ2) is 15.5. The van der Waals surface area contributed by atoms with Crippen molar-refractivity contribution in [3.63, 3.8) is 0 Å². The van der Waals surface area contributed by atoms with Crippen molar-refractivity contribution in [2.75, 3.05) is 32.8 Å². The number of carbonyl (C=O) groups excluding carboxylic acids is 2. The summed E-state index contributed by atoms with van der Waals surface area (Å²) in [6.45, 7) is 17.6. The Morgan fingerprint density at radius 3 is 2.45 bits per heavy atom. The molecule has 5 heterocycles. The predicted octanol–water partition coefficient (Wildman–Crippen LogP) is 3.62. The van der Waals surface area contributed by atoms with E-state index in [2.05, 4.69) is 34.7 Å². The number of rotatable bonds is 4. The van der Waals surface area contributed by atoms with Gasteiger partial charge in [0.25, 0.3) is 0 Å². The quantitative estimate of drug-likeness (QED) is 0.344. The van der Waals surface area contributed by atoms with Crippen molar-refractivity contribution in [3.8, 4) is 0 Å².